The maximum atomic E-state index is 11.7. The molecule has 1 heterocycles. The molecular weight excluding hydrogens is 199 g/mol. The minimum atomic E-state index is -4.38. The minimum Gasteiger partial charge on any atom is -0.345 e. The van der Waals surface area contributed by atoms with Crippen molar-refractivity contribution < 1.29 is 18.0 Å². The van der Waals surface area contributed by atoms with Crippen LogP contribution in [0.25, 0.3) is 0 Å². The average molecular weight is 207 g/mol. The molecule has 0 saturated carbocycles. The standard InChI is InChI=1S/C7H8F3N3O/c8-7(9,10)5-11-6(14)4-13-3-1-2-12-13/h1-3H,4-5H2,(H,11,14). The predicted octanol–water partition coefficient (Wildman–Crippen LogP) is 0.562. The molecule has 4 nitrogen and oxygen atoms in total. The van der Waals surface area contributed by atoms with Crippen LogP contribution in [0.5, 0.6) is 0 Å². The Kier molecular flexibility index (Phi) is 3.10. The number of aromatic nitrogens is 2. The first-order valence-corrected chi connectivity index (χ1v) is 3.78. The Morgan fingerprint density at radius 1 is 1.50 bits per heavy atom. The zero-order chi connectivity index (χ0) is 10.6. The largest absolute Gasteiger partial charge is 0.405 e. The van der Waals surface area contributed by atoms with Crippen molar-refractivity contribution in [2.45, 2.75) is 12.7 Å². The quantitative estimate of drug-likeness (QED) is 0.787. The summed E-state index contributed by atoms with van der Waals surface area (Å²) in [4.78, 5) is 10.9. The molecule has 14 heavy (non-hydrogen) atoms. The first kappa shape index (κ1) is 10.6. The fraction of sp³-hybridized carbons (Fsp3) is 0.429. The van der Waals surface area contributed by atoms with Crippen molar-refractivity contribution in [1.29, 1.82) is 0 Å². The lowest BCUT2D eigenvalue weighted by Gasteiger charge is -2.07. The number of carbonyl (C=O) groups excluding carboxylic acids is 1. The molecule has 78 valence electrons. The van der Waals surface area contributed by atoms with Crippen molar-refractivity contribution >= 4 is 5.91 Å². The zero-order valence-corrected chi connectivity index (χ0v) is 7.08. The maximum absolute atomic E-state index is 11.7. The van der Waals surface area contributed by atoms with Crippen LogP contribution in [-0.4, -0.2) is 28.4 Å². The third kappa shape index (κ3) is 3.92. The summed E-state index contributed by atoms with van der Waals surface area (Å²) in [5.41, 5.74) is 0. The van der Waals surface area contributed by atoms with E-state index in [1.807, 2.05) is 0 Å². The summed E-state index contributed by atoms with van der Waals surface area (Å²) < 4.78 is 36.2. The van der Waals surface area contributed by atoms with Gasteiger partial charge in [0.25, 0.3) is 0 Å². The van der Waals surface area contributed by atoms with Gasteiger partial charge in [0.2, 0.25) is 5.91 Å². The third-order valence-corrected chi connectivity index (χ3v) is 1.35. The summed E-state index contributed by atoms with van der Waals surface area (Å²) in [6.45, 7) is -1.52. The Bertz CT molecular complexity index is 294. The lowest BCUT2D eigenvalue weighted by Crippen LogP contribution is -2.35. The number of carbonyl (C=O) groups is 1. The van der Waals surface area contributed by atoms with Crippen LogP contribution in [0, 0.1) is 0 Å². The predicted molar refractivity (Wildman–Crippen MR) is 41.3 cm³/mol. The molecule has 1 rings (SSSR count). The number of nitrogens with zero attached hydrogens (tertiary/aromatic N) is 2. The summed E-state index contributed by atoms with van der Waals surface area (Å²) >= 11 is 0. The Labute approximate surface area is 77.7 Å². The highest BCUT2D eigenvalue weighted by atomic mass is 19.4. The van der Waals surface area contributed by atoms with Gasteiger partial charge in [0, 0.05) is 12.4 Å². The number of halogens is 3. The smallest absolute Gasteiger partial charge is 0.345 e. The maximum Gasteiger partial charge on any atom is 0.405 e. The molecule has 0 saturated heterocycles. The van der Waals surface area contributed by atoms with Crippen molar-refractivity contribution in [3.8, 4) is 0 Å². The summed E-state index contributed by atoms with van der Waals surface area (Å²) in [6.07, 6.45) is -1.44. The summed E-state index contributed by atoms with van der Waals surface area (Å²) in [5, 5.41) is 5.41. The number of hydrogen-bond donors (Lipinski definition) is 1. The van der Waals surface area contributed by atoms with E-state index in [0.717, 1.165) is 0 Å². The molecule has 1 amide bonds. The van der Waals surface area contributed by atoms with E-state index >= 15 is 0 Å². The number of alkyl halides is 3. The Hall–Kier alpha value is -1.53. The van der Waals surface area contributed by atoms with Crippen LogP contribution in [0.15, 0.2) is 18.5 Å². The van der Waals surface area contributed by atoms with Crippen molar-refractivity contribution in [2.24, 2.45) is 0 Å². The molecule has 1 N–H and O–H groups in total. The minimum absolute atomic E-state index is 0.205. The van der Waals surface area contributed by atoms with E-state index in [9.17, 15) is 18.0 Å². The number of hydrogen-bond acceptors (Lipinski definition) is 2. The first-order chi connectivity index (χ1) is 6.47. The highest BCUT2D eigenvalue weighted by Crippen LogP contribution is 2.11. The Morgan fingerprint density at radius 2 is 2.21 bits per heavy atom. The second kappa shape index (κ2) is 4.12. The fourth-order valence-electron chi connectivity index (χ4n) is 0.796. The molecule has 0 aliphatic rings. The molecule has 1 aromatic rings. The van der Waals surface area contributed by atoms with Gasteiger partial charge in [-0.15, -0.1) is 0 Å². The van der Waals surface area contributed by atoms with Gasteiger partial charge in [-0.25, -0.2) is 0 Å². The van der Waals surface area contributed by atoms with Crippen LogP contribution in [0.3, 0.4) is 0 Å². The van der Waals surface area contributed by atoms with E-state index in [0.29, 0.717) is 0 Å². The lowest BCUT2D eigenvalue weighted by molar-refractivity contribution is -0.138. The lowest BCUT2D eigenvalue weighted by atomic mass is 10.5. The van der Waals surface area contributed by atoms with Gasteiger partial charge in [0.05, 0.1) is 0 Å². The first-order valence-electron chi connectivity index (χ1n) is 3.78. The molecule has 0 atom stereocenters. The molecule has 0 spiro atoms. The molecule has 0 unspecified atom stereocenters. The van der Waals surface area contributed by atoms with E-state index < -0.39 is 18.6 Å². The third-order valence-electron chi connectivity index (χ3n) is 1.35. The summed E-state index contributed by atoms with van der Waals surface area (Å²) in [7, 11) is 0. The molecule has 1 aromatic heterocycles. The van der Waals surface area contributed by atoms with Crippen LogP contribution >= 0.6 is 0 Å². The van der Waals surface area contributed by atoms with Crippen LogP contribution in [0.2, 0.25) is 0 Å². The van der Waals surface area contributed by atoms with Gasteiger partial charge in [-0.2, -0.15) is 18.3 Å². The van der Waals surface area contributed by atoms with Crippen LogP contribution < -0.4 is 5.32 Å². The highest BCUT2D eigenvalue weighted by molar-refractivity contribution is 5.75. The van der Waals surface area contributed by atoms with Crippen LogP contribution in [0.1, 0.15) is 0 Å². The highest BCUT2D eigenvalue weighted by Gasteiger charge is 2.27. The van der Waals surface area contributed by atoms with E-state index in [-0.39, 0.29) is 6.54 Å². The van der Waals surface area contributed by atoms with E-state index in [1.165, 1.54) is 17.1 Å². The normalized spacial score (nSPS) is 11.4. The molecule has 0 radical (unpaired) electrons. The van der Waals surface area contributed by atoms with Crippen molar-refractivity contribution in [3.63, 3.8) is 0 Å². The topological polar surface area (TPSA) is 46.9 Å². The van der Waals surface area contributed by atoms with Gasteiger partial charge in [-0.1, -0.05) is 0 Å². The van der Waals surface area contributed by atoms with Gasteiger partial charge in [0.1, 0.15) is 13.1 Å². The van der Waals surface area contributed by atoms with E-state index in [2.05, 4.69) is 5.10 Å². The molecule has 7 heteroatoms. The van der Waals surface area contributed by atoms with Gasteiger partial charge < -0.3 is 5.32 Å². The number of amides is 1. The Morgan fingerprint density at radius 3 is 2.71 bits per heavy atom. The fourth-order valence-corrected chi connectivity index (χ4v) is 0.796. The molecule has 0 aliphatic heterocycles. The van der Waals surface area contributed by atoms with Crippen molar-refractivity contribution in [2.75, 3.05) is 6.54 Å². The zero-order valence-electron chi connectivity index (χ0n) is 7.08. The number of rotatable bonds is 3. The van der Waals surface area contributed by atoms with Crippen LogP contribution in [-0.2, 0) is 11.3 Å². The number of nitrogens with one attached hydrogen (secondary N) is 1. The monoisotopic (exact) mass is 207 g/mol. The van der Waals surface area contributed by atoms with E-state index in [4.69, 9.17) is 0 Å². The van der Waals surface area contributed by atoms with Gasteiger partial charge in [-0.3, -0.25) is 9.48 Å². The molecular formula is C7H8F3N3O. The Balaban J connectivity index is 2.30. The molecule has 0 aromatic carbocycles. The molecule has 0 aliphatic carbocycles. The summed E-state index contributed by atoms with van der Waals surface area (Å²) in [5.74, 6) is -0.717. The van der Waals surface area contributed by atoms with Gasteiger partial charge >= 0.3 is 6.18 Å². The van der Waals surface area contributed by atoms with Crippen molar-refractivity contribution in [1.82, 2.24) is 15.1 Å². The van der Waals surface area contributed by atoms with Gasteiger partial charge in [-0.05, 0) is 6.07 Å². The van der Waals surface area contributed by atoms with Gasteiger partial charge in [0.15, 0.2) is 0 Å². The summed E-state index contributed by atoms with van der Waals surface area (Å²) in [6, 6.07) is 1.58. The molecule has 0 fully saturated rings. The van der Waals surface area contributed by atoms with Crippen molar-refractivity contribution in [3.05, 3.63) is 18.5 Å². The second-order valence-corrected chi connectivity index (χ2v) is 2.60. The average Bonchev–Trinajstić information content (AvgIpc) is 2.52. The van der Waals surface area contributed by atoms with E-state index in [1.54, 1.807) is 11.4 Å². The second-order valence-electron chi connectivity index (χ2n) is 2.60. The molecule has 0 bridgehead atoms. The van der Waals surface area contributed by atoms with Crippen LogP contribution in [0.4, 0.5) is 13.2 Å². The SMILES string of the molecule is O=C(Cn1cccn1)NCC(F)(F)F.